The van der Waals surface area contributed by atoms with Crippen molar-refractivity contribution in [1.29, 1.82) is 0 Å². The van der Waals surface area contributed by atoms with Gasteiger partial charge in [0.2, 0.25) is 0 Å². The number of hydrogen-bond donors (Lipinski definition) is 2. The summed E-state index contributed by atoms with van der Waals surface area (Å²) in [5, 5.41) is 12.3. The lowest BCUT2D eigenvalue weighted by Gasteiger charge is -2.22. The predicted molar refractivity (Wildman–Crippen MR) is 84.4 cm³/mol. The van der Waals surface area contributed by atoms with Gasteiger partial charge in [0.15, 0.2) is 0 Å². The Morgan fingerprint density at radius 2 is 1.83 bits per heavy atom. The molecular formula is C16H19ClF3NO2. The number of alkyl halides is 3. The zero-order chi connectivity index (χ0) is 16.4. The summed E-state index contributed by atoms with van der Waals surface area (Å²) in [5.41, 5.74) is -0.784. The van der Waals surface area contributed by atoms with Crippen LogP contribution in [0.3, 0.4) is 0 Å². The Bertz CT molecular complexity index is 638. The summed E-state index contributed by atoms with van der Waals surface area (Å²) >= 11 is 0. The summed E-state index contributed by atoms with van der Waals surface area (Å²) in [4.78, 5) is 0. The van der Waals surface area contributed by atoms with Crippen LogP contribution in [-0.2, 0) is 12.7 Å². The van der Waals surface area contributed by atoms with Crippen molar-refractivity contribution in [3.8, 4) is 11.3 Å². The SMILES string of the molecule is CC(C)(CO)NCc1ccc(-c2cccc(C(F)(F)F)c2)o1.Cl. The third-order valence-corrected chi connectivity index (χ3v) is 3.27. The number of aliphatic hydroxyl groups is 1. The number of aliphatic hydroxyl groups excluding tert-OH is 1. The normalized spacial score (nSPS) is 12.1. The molecule has 0 saturated heterocycles. The van der Waals surface area contributed by atoms with Gasteiger partial charge in [0.05, 0.1) is 18.7 Å². The van der Waals surface area contributed by atoms with E-state index in [0.717, 1.165) is 12.1 Å². The van der Waals surface area contributed by atoms with Crippen LogP contribution in [0, 0.1) is 0 Å². The molecule has 1 aromatic heterocycles. The average Bonchev–Trinajstić information content (AvgIpc) is 2.94. The van der Waals surface area contributed by atoms with E-state index in [1.54, 1.807) is 18.2 Å². The fourth-order valence-corrected chi connectivity index (χ4v) is 1.86. The lowest BCUT2D eigenvalue weighted by molar-refractivity contribution is -0.137. The Morgan fingerprint density at radius 3 is 2.43 bits per heavy atom. The van der Waals surface area contributed by atoms with Gasteiger partial charge in [-0.1, -0.05) is 12.1 Å². The highest BCUT2D eigenvalue weighted by atomic mass is 35.5. The summed E-state index contributed by atoms with van der Waals surface area (Å²) in [6, 6.07) is 8.36. The molecule has 3 nitrogen and oxygen atoms in total. The van der Waals surface area contributed by atoms with E-state index in [9.17, 15) is 13.2 Å². The van der Waals surface area contributed by atoms with Crippen LogP contribution in [0.5, 0.6) is 0 Å². The van der Waals surface area contributed by atoms with Crippen molar-refractivity contribution in [3.63, 3.8) is 0 Å². The molecule has 1 aromatic carbocycles. The second kappa shape index (κ2) is 7.38. The van der Waals surface area contributed by atoms with Crippen LogP contribution in [-0.4, -0.2) is 17.3 Å². The standard InChI is InChI=1S/C16H18F3NO2.ClH/c1-15(2,10-21)20-9-13-6-7-14(22-13)11-4-3-5-12(8-11)16(17,18)19;/h3-8,20-21H,9-10H2,1-2H3;1H. The van der Waals surface area contributed by atoms with Crippen LogP contribution < -0.4 is 5.32 Å². The number of nitrogens with one attached hydrogen (secondary N) is 1. The second-order valence-corrected chi connectivity index (χ2v) is 5.74. The molecule has 2 rings (SSSR count). The molecule has 0 aliphatic heterocycles. The molecular weight excluding hydrogens is 331 g/mol. The summed E-state index contributed by atoms with van der Waals surface area (Å²) in [5.74, 6) is 0.971. The molecule has 0 fully saturated rings. The first-order chi connectivity index (χ1) is 10.2. The highest BCUT2D eigenvalue weighted by molar-refractivity contribution is 5.85. The zero-order valence-corrected chi connectivity index (χ0v) is 13.6. The van der Waals surface area contributed by atoms with Gasteiger partial charge in [-0.25, -0.2) is 0 Å². The quantitative estimate of drug-likeness (QED) is 0.848. The Balaban J connectivity index is 0.00000264. The minimum atomic E-state index is -4.38. The van der Waals surface area contributed by atoms with Crippen molar-refractivity contribution in [1.82, 2.24) is 5.32 Å². The van der Waals surface area contributed by atoms with E-state index in [1.807, 2.05) is 13.8 Å². The molecule has 1 heterocycles. The monoisotopic (exact) mass is 349 g/mol. The minimum Gasteiger partial charge on any atom is -0.460 e. The molecule has 0 unspecified atom stereocenters. The number of halogens is 4. The minimum absolute atomic E-state index is 0. The zero-order valence-electron chi connectivity index (χ0n) is 12.8. The summed E-state index contributed by atoms with van der Waals surface area (Å²) < 4.78 is 43.7. The molecule has 0 saturated carbocycles. The highest BCUT2D eigenvalue weighted by Crippen LogP contribution is 2.32. The molecule has 128 valence electrons. The number of hydrogen-bond acceptors (Lipinski definition) is 3. The van der Waals surface area contributed by atoms with Crippen molar-refractivity contribution < 1.29 is 22.7 Å². The first-order valence-electron chi connectivity index (χ1n) is 6.83. The molecule has 0 atom stereocenters. The molecule has 0 aliphatic carbocycles. The van der Waals surface area contributed by atoms with E-state index >= 15 is 0 Å². The highest BCUT2D eigenvalue weighted by Gasteiger charge is 2.30. The number of rotatable bonds is 5. The first-order valence-corrected chi connectivity index (χ1v) is 6.83. The molecule has 23 heavy (non-hydrogen) atoms. The van der Waals surface area contributed by atoms with Crippen LogP contribution in [0.1, 0.15) is 25.2 Å². The smallest absolute Gasteiger partial charge is 0.416 e. The third-order valence-electron chi connectivity index (χ3n) is 3.27. The van der Waals surface area contributed by atoms with Crippen LogP contribution in [0.25, 0.3) is 11.3 Å². The van der Waals surface area contributed by atoms with Gasteiger partial charge in [-0.2, -0.15) is 13.2 Å². The van der Waals surface area contributed by atoms with Crippen LogP contribution >= 0.6 is 12.4 Å². The third kappa shape index (κ3) is 5.27. The van der Waals surface area contributed by atoms with Crippen molar-refractivity contribution in [2.24, 2.45) is 0 Å². The molecule has 0 aliphatic rings. The van der Waals surface area contributed by atoms with Gasteiger partial charge in [-0.05, 0) is 38.1 Å². The van der Waals surface area contributed by atoms with Gasteiger partial charge < -0.3 is 14.8 Å². The Morgan fingerprint density at radius 1 is 1.13 bits per heavy atom. The summed E-state index contributed by atoms with van der Waals surface area (Å²) in [6.07, 6.45) is -4.38. The topological polar surface area (TPSA) is 45.4 Å². The maximum Gasteiger partial charge on any atom is 0.416 e. The van der Waals surface area contributed by atoms with E-state index in [4.69, 9.17) is 9.52 Å². The van der Waals surface area contributed by atoms with E-state index in [-0.39, 0.29) is 19.0 Å². The molecule has 7 heteroatoms. The van der Waals surface area contributed by atoms with Gasteiger partial charge in [0.1, 0.15) is 11.5 Å². The van der Waals surface area contributed by atoms with Gasteiger partial charge in [-0.3, -0.25) is 0 Å². The van der Waals surface area contributed by atoms with Crippen molar-refractivity contribution in [2.75, 3.05) is 6.61 Å². The fraction of sp³-hybridized carbons (Fsp3) is 0.375. The van der Waals surface area contributed by atoms with Crippen LogP contribution in [0.15, 0.2) is 40.8 Å². The Hall–Kier alpha value is -1.50. The van der Waals surface area contributed by atoms with E-state index < -0.39 is 17.3 Å². The molecule has 0 bridgehead atoms. The maximum absolute atomic E-state index is 12.7. The predicted octanol–water partition coefficient (Wildman–Crippen LogP) is 4.25. The molecule has 0 amide bonds. The van der Waals surface area contributed by atoms with Crippen LogP contribution in [0.4, 0.5) is 13.2 Å². The molecule has 2 aromatic rings. The Labute approximate surface area is 138 Å². The lowest BCUT2D eigenvalue weighted by atomic mass is 10.1. The van der Waals surface area contributed by atoms with E-state index in [0.29, 0.717) is 23.6 Å². The second-order valence-electron chi connectivity index (χ2n) is 5.74. The van der Waals surface area contributed by atoms with Crippen LogP contribution in [0.2, 0.25) is 0 Å². The summed E-state index contributed by atoms with van der Waals surface area (Å²) in [7, 11) is 0. The lowest BCUT2D eigenvalue weighted by Crippen LogP contribution is -2.41. The van der Waals surface area contributed by atoms with E-state index in [2.05, 4.69) is 5.32 Å². The largest absolute Gasteiger partial charge is 0.460 e. The number of furan rings is 1. The molecule has 0 radical (unpaired) electrons. The van der Waals surface area contributed by atoms with Crippen molar-refractivity contribution in [3.05, 3.63) is 47.7 Å². The number of benzene rings is 1. The molecule has 2 N–H and O–H groups in total. The molecule has 0 spiro atoms. The van der Waals surface area contributed by atoms with Gasteiger partial charge in [0, 0.05) is 11.1 Å². The van der Waals surface area contributed by atoms with Gasteiger partial charge >= 0.3 is 6.18 Å². The van der Waals surface area contributed by atoms with E-state index in [1.165, 1.54) is 6.07 Å². The Kier molecular flexibility index (Phi) is 6.27. The first kappa shape index (κ1) is 19.5. The van der Waals surface area contributed by atoms with Crippen molar-refractivity contribution >= 4 is 12.4 Å². The van der Waals surface area contributed by atoms with Crippen molar-refractivity contribution in [2.45, 2.75) is 32.1 Å². The average molecular weight is 350 g/mol. The summed E-state index contributed by atoms with van der Waals surface area (Å²) in [6.45, 7) is 4.02. The maximum atomic E-state index is 12.7. The van der Waals surface area contributed by atoms with Gasteiger partial charge in [0.25, 0.3) is 0 Å². The fourth-order valence-electron chi connectivity index (χ4n) is 1.86. The van der Waals surface area contributed by atoms with Gasteiger partial charge in [-0.15, -0.1) is 12.4 Å².